The van der Waals surface area contributed by atoms with Crippen LogP contribution in [0, 0.1) is 13.8 Å². The van der Waals surface area contributed by atoms with Gasteiger partial charge in [0.25, 0.3) is 5.91 Å². The average Bonchev–Trinajstić information content (AvgIpc) is 3.03. The van der Waals surface area contributed by atoms with Crippen LogP contribution in [0.25, 0.3) is 10.9 Å². The molecule has 20 heavy (non-hydrogen) atoms. The highest BCUT2D eigenvalue weighted by atomic mass is 16.5. The molecular formula is C15H15N3O2. The van der Waals surface area contributed by atoms with Crippen LogP contribution in [0.2, 0.25) is 0 Å². The number of aromatic nitrogens is 2. The van der Waals surface area contributed by atoms with Gasteiger partial charge in [0, 0.05) is 34.8 Å². The Balaban J connectivity index is 1.76. The van der Waals surface area contributed by atoms with Crippen LogP contribution in [0.15, 0.2) is 35.0 Å². The maximum absolute atomic E-state index is 12.2. The van der Waals surface area contributed by atoms with Crippen molar-refractivity contribution < 1.29 is 9.32 Å². The summed E-state index contributed by atoms with van der Waals surface area (Å²) in [5.74, 6) is 0.636. The highest BCUT2D eigenvalue weighted by Crippen LogP contribution is 2.15. The second kappa shape index (κ2) is 4.85. The van der Waals surface area contributed by atoms with Crippen LogP contribution in [-0.4, -0.2) is 16.0 Å². The summed E-state index contributed by atoms with van der Waals surface area (Å²) in [6, 6.07) is 7.52. The lowest BCUT2D eigenvalue weighted by molar-refractivity contribution is 0.0951. The van der Waals surface area contributed by atoms with Gasteiger partial charge in [-0.05, 0) is 38.1 Å². The van der Waals surface area contributed by atoms with Crippen LogP contribution in [0.3, 0.4) is 0 Å². The van der Waals surface area contributed by atoms with E-state index in [1.165, 1.54) is 0 Å². The third-order valence-corrected chi connectivity index (χ3v) is 3.42. The van der Waals surface area contributed by atoms with Gasteiger partial charge in [-0.15, -0.1) is 0 Å². The van der Waals surface area contributed by atoms with Crippen LogP contribution in [0.5, 0.6) is 0 Å². The molecule has 0 fully saturated rings. The summed E-state index contributed by atoms with van der Waals surface area (Å²) in [5, 5.41) is 7.78. The number of carbonyl (C=O) groups is 1. The third-order valence-electron chi connectivity index (χ3n) is 3.42. The molecule has 0 radical (unpaired) electrons. The van der Waals surface area contributed by atoms with Crippen LogP contribution >= 0.6 is 0 Å². The number of amides is 1. The number of carbonyl (C=O) groups excluding carboxylic acids is 1. The first-order chi connectivity index (χ1) is 9.65. The number of hydrogen-bond acceptors (Lipinski definition) is 3. The predicted molar refractivity (Wildman–Crippen MR) is 75.4 cm³/mol. The molecule has 102 valence electrons. The average molecular weight is 269 g/mol. The minimum absolute atomic E-state index is 0.104. The molecule has 0 aliphatic heterocycles. The fraction of sp³-hybridized carbons (Fsp3) is 0.200. The number of benzene rings is 1. The smallest absolute Gasteiger partial charge is 0.251 e. The largest absolute Gasteiger partial charge is 0.361 e. The molecule has 0 aliphatic rings. The molecule has 1 amide bonds. The van der Waals surface area contributed by atoms with Crippen molar-refractivity contribution in [2.45, 2.75) is 20.4 Å². The van der Waals surface area contributed by atoms with Gasteiger partial charge in [-0.3, -0.25) is 4.79 Å². The van der Waals surface area contributed by atoms with E-state index in [9.17, 15) is 4.79 Å². The van der Waals surface area contributed by atoms with Gasteiger partial charge in [-0.25, -0.2) is 0 Å². The van der Waals surface area contributed by atoms with E-state index in [1.807, 2.05) is 44.3 Å². The minimum Gasteiger partial charge on any atom is -0.361 e. The first kappa shape index (κ1) is 12.5. The highest BCUT2D eigenvalue weighted by molar-refractivity contribution is 5.98. The van der Waals surface area contributed by atoms with Crippen molar-refractivity contribution >= 4 is 16.8 Å². The number of nitrogens with one attached hydrogen (secondary N) is 2. The zero-order chi connectivity index (χ0) is 14.1. The number of aryl methyl sites for hydroxylation is 2. The van der Waals surface area contributed by atoms with Gasteiger partial charge in [0.15, 0.2) is 0 Å². The molecule has 0 atom stereocenters. The van der Waals surface area contributed by atoms with Gasteiger partial charge in [-0.1, -0.05) is 5.16 Å². The summed E-state index contributed by atoms with van der Waals surface area (Å²) in [6.45, 7) is 4.13. The summed E-state index contributed by atoms with van der Waals surface area (Å²) in [5.41, 5.74) is 3.40. The van der Waals surface area contributed by atoms with Crippen LogP contribution in [0.1, 0.15) is 27.4 Å². The first-order valence-electron chi connectivity index (χ1n) is 6.42. The van der Waals surface area contributed by atoms with Crippen molar-refractivity contribution in [3.63, 3.8) is 0 Å². The maximum atomic E-state index is 12.2. The molecule has 3 rings (SSSR count). The Morgan fingerprint density at radius 3 is 2.95 bits per heavy atom. The van der Waals surface area contributed by atoms with Gasteiger partial charge < -0.3 is 14.8 Å². The zero-order valence-corrected chi connectivity index (χ0v) is 11.4. The van der Waals surface area contributed by atoms with Crippen molar-refractivity contribution in [3.8, 4) is 0 Å². The lowest BCUT2D eigenvalue weighted by Crippen LogP contribution is -2.23. The highest BCUT2D eigenvalue weighted by Gasteiger charge is 2.11. The van der Waals surface area contributed by atoms with Gasteiger partial charge in [-0.2, -0.15) is 0 Å². The Kier molecular flexibility index (Phi) is 3.02. The summed E-state index contributed by atoms with van der Waals surface area (Å²) >= 11 is 0. The lowest BCUT2D eigenvalue weighted by Gasteiger charge is -2.05. The topological polar surface area (TPSA) is 70.9 Å². The molecule has 5 nitrogen and oxygen atoms in total. The summed E-state index contributed by atoms with van der Waals surface area (Å²) in [7, 11) is 0. The van der Waals surface area contributed by atoms with Crippen LogP contribution < -0.4 is 5.32 Å². The fourth-order valence-electron chi connectivity index (χ4n) is 2.22. The van der Waals surface area contributed by atoms with Crippen molar-refractivity contribution in [1.29, 1.82) is 0 Å². The number of aromatic amines is 1. The van der Waals surface area contributed by atoms with E-state index < -0.39 is 0 Å². The van der Waals surface area contributed by atoms with Gasteiger partial charge in [0.1, 0.15) is 5.76 Å². The Labute approximate surface area is 116 Å². The lowest BCUT2D eigenvalue weighted by atomic mass is 10.1. The van der Waals surface area contributed by atoms with E-state index in [0.29, 0.717) is 12.1 Å². The monoisotopic (exact) mass is 269 g/mol. The standard InChI is InChI=1S/C15H15N3O2/c1-9-13(10(2)20-18-9)8-17-15(19)12-3-4-14-11(7-12)5-6-16-14/h3-7,16H,8H2,1-2H3,(H,17,19). The van der Waals surface area contributed by atoms with Gasteiger partial charge in [0.05, 0.1) is 5.69 Å². The molecule has 0 saturated carbocycles. The molecule has 3 aromatic rings. The van der Waals surface area contributed by atoms with Crippen molar-refractivity contribution in [2.24, 2.45) is 0 Å². The molecule has 5 heteroatoms. The minimum atomic E-state index is -0.104. The van der Waals surface area contributed by atoms with E-state index in [1.54, 1.807) is 0 Å². The maximum Gasteiger partial charge on any atom is 0.251 e. The van der Waals surface area contributed by atoms with E-state index in [2.05, 4.69) is 15.5 Å². The first-order valence-corrected chi connectivity index (χ1v) is 6.42. The van der Waals surface area contributed by atoms with E-state index in [-0.39, 0.29) is 5.91 Å². The molecule has 2 heterocycles. The fourth-order valence-corrected chi connectivity index (χ4v) is 2.22. The second-order valence-corrected chi connectivity index (χ2v) is 4.77. The molecule has 0 saturated heterocycles. The van der Waals surface area contributed by atoms with Crippen LogP contribution in [-0.2, 0) is 6.54 Å². The molecular weight excluding hydrogens is 254 g/mol. The van der Waals surface area contributed by atoms with Gasteiger partial charge in [0.2, 0.25) is 0 Å². The van der Waals surface area contributed by atoms with Gasteiger partial charge >= 0.3 is 0 Å². The van der Waals surface area contributed by atoms with Crippen molar-refractivity contribution in [2.75, 3.05) is 0 Å². The second-order valence-electron chi connectivity index (χ2n) is 4.77. The van der Waals surface area contributed by atoms with Crippen molar-refractivity contribution in [1.82, 2.24) is 15.5 Å². The molecule has 0 aliphatic carbocycles. The van der Waals surface area contributed by atoms with Crippen molar-refractivity contribution in [3.05, 3.63) is 53.0 Å². The quantitative estimate of drug-likeness (QED) is 0.768. The summed E-state index contributed by atoms with van der Waals surface area (Å²) in [6.07, 6.45) is 1.86. The molecule has 2 aromatic heterocycles. The van der Waals surface area contributed by atoms with E-state index in [4.69, 9.17) is 4.52 Å². The zero-order valence-electron chi connectivity index (χ0n) is 11.4. The number of rotatable bonds is 3. The molecule has 1 aromatic carbocycles. The number of fused-ring (bicyclic) bond motifs is 1. The normalized spacial score (nSPS) is 10.9. The molecule has 0 bridgehead atoms. The Bertz CT molecular complexity index is 751. The Morgan fingerprint density at radius 1 is 1.35 bits per heavy atom. The summed E-state index contributed by atoms with van der Waals surface area (Å²) < 4.78 is 5.08. The molecule has 0 unspecified atom stereocenters. The third kappa shape index (κ3) is 2.18. The Morgan fingerprint density at radius 2 is 2.20 bits per heavy atom. The number of nitrogens with zero attached hydrogens (tertiary/aromatic N) is 1. The molecule has 2 N–H and O–H groups in total. The van der Waals surface area contributed by atoms with Crippen LogP contribution in [0.4, 0.5) is 0 Å². The SMILES string of the molecule is Cc1noc(C)c1CNC(=O)c1ccc2[nH]ccc2c1. The molecule has 0 spiro atoms. The predicted octanol–water partition coefficient (Wildman–Crippen LogP) is 2.70. The van der Waals surface area contributed by atoms with E-state index in [0.717, 1.165) is 27.9 Å². The summed E-state index contributed by atoms with van der Waals surface area (Å²) in [4.78, 5) is 15.3. The Hall–Kier alpha value is -2.56. The number of hydrogen-bond donors (Lipinski definition) is 2. The van der Waals surface area contributed by atoms with E-state index >= 15 is 0 Å². The number of H-pyrrole nitrogens is 1.